The number of carbonyl (C=O) groups excluding carboxylic acids is 3. The van der Waals surface area contributed by atoms with Crippen molar-refractivity contribution >= 4 is 35.4 Å². The lowest BCUT2D eigenvalue weighted by Gasteiger charge is -2.21. The van der Waals surface area contributed by atoms with Gasteiger partial charge in [0.05, 0.1) is 6.04 Å². The van der Waals surface area contributed by atoms with Crippen molar-refractivity contribution < 1.29 is 44.1 Å². The molecular weight excluding hydrogens is 374 g/mol. The van der Waals surface area contributed by atoms with Gasteiger partial charge in [-0.3, -0.25) is 28.8 Å². The largest absolute Gasteiger partial charge is 0.481 e. The van der Waals surface area contributed by atoms with Gasteiger partial charge >= 0.3 is 17.9 Å². The number of Topliss-reactive ketones (excluding diaryl/α,β-unsaturated/α-hetero) is 2. The molecule has 0 aromatic carbocycles. The van der Waals surface area contributed by atoms with Crippen molar-refractivity contribution in [2.24, 2.45) is 11.8 Å². The average molecular weight is 401 g/mol. The average Bonchev–Trinajstić information content (AvgIpc) is 2.58. The van der Waals surface area contributed by atoms with Gasteiger partial charge in [-0.05, 0) is 26.2 Å². The number of hydrogen-bond acceptors (Lipinski definition) is 6. The van der Waals surface area contributed by atoms with Gasteiger partial charge in [-0.2, -0.15) is 0 Å². The van der Waals surface area contributed by atoms with Gasteiger partial charge in [0.1, 0.15) is 5.78 Å². The molecule has 0 saturated heterocycles. The third-order valence-electron chi connectivity index (χ3n) is 4.32. The van der Waals surface area contributed by atoms with Crippen LogP contribution in [0.3, 0.4) is 0 Å². The molecule has 0 rings (SSSR count). The second-order valence-electron chi connectivity index (χ2n) is 6.74. The number of carboxylic acid groups (broad SMARTS) is 3. The first-order valence-corrected chi connectivity index (χ1v) is 8.92. The van der Waals surface area contributed by atoms with Gasteiger partial charge in [0.15, 0.2) is 5.78 Å². The lowest BCUT2D eigenvalue weighted by molar-refractivity contribution is -0.140. The standard InChI is InChI=1S/C18H27NO9/c1-10(3-6-15(22)23)18(28)19-13(5-8-17(26)27)14(21)9-12(11(2)20)4-7-16(24)25/h10,12-13H,3-9H2,1-2H3,(H,19,28)(H,22,23)(H,24,25)(H,26,27)/t10-,12+,13-/m0/s1. The van der Waals surface area contributed by atoms with Crippen LogP contribution in [-0.2, 0) is 28.8 Å². The Morgan fingerprint density at radius 3 is 1.71 bits per heavy atom. The van der Waals surface area contributed by atoms with E-state index in [9.17, 15) is 28.8 Å². The quantitative estimate of drug-likeness (QED) is 0.310. The van der Waals surface area contributed by atoms with Crippen molar-refractivity contribution in [2.75, 3.05) is 0 Å². The van der Waals surface area contributed by atoms with Crippen LogP contribution in [0.5, 0.6) is 0 Å². The van der Waals surface area contributed by atoms with Crippen LogP contribution in [0.4, 0.5) is 0 Å². The van der Waals surface area contributed by atoms with Gasteiger partial charge in [0, 0.05) is 37.5 Å². The summed E-state index contributed by atoms with van der Waals surface area (Å²) in [5.74, 6) is -6.40. The minimum atomic E-state index is -1.17. The molecular formula is C18H27NO9. The second kappa shape index (κ2) is 12.6. The molecule has 0 aliphatic rings. The number of rotatable bonds is 15. The molecule has 0 radical (unpaired) electrons. The molecule has 1 amide bonds. The Hall–Kier alpha value is -2.78. The molecule has 0 aliphatic carbocycles. The van der Waals surface area contributed by atoms with Crippen molar-refractivity contribution in [1.82, 2.24) is 5.32 Å². The third-order valence-corrected chi connectivity index (χ3v) is 4.32. The van der Waals surface area contributed by atoms with Gasteiger partial charge in [-0.15, -0.1) is 0 Å². The molecule has 28 heavy (non-hydrogen) atoms. The minimum Gasteiger partial charge on any atom is -0.481 e. The first-order chi connectivity index (χ1) is 12.9. The molecule has 0 heterocycles. The third kappa shape index (κ3) is 11.0. The van der Waals surface area contributed by atoms with Crippen LogP contribution < -0.4 is 5.32 Å². The smallest absolute Gasteiger partial charge is 0.303 e. The zero-order valence-corrected chi connectivity index (χ0v) is 16.0. The Bertz CT molecular complexity index is 614. The summed E-state index contributed by atoms with van der Waals surface area (Å²) in [5.41, 5.74) is 0. The van der Waals surface area contributed by atoms with Gasteiger partial charge in [0.2, 0.25) is 5.91 Å². The summed E-state index contributed by atoms with van der Waals surface area (Å²) in [5, 5.41) is 28.7. The van der Waals surface area contributed by atoms with E-state index in [1.165, 1.54) is 13.8 Å². The maximum atomic E-state index is 12.5. The van der Waals surface area contributed by atoms with Crippen LogP contribution in [0.2, 0.25) is 0 Å². The molecule has 0 unspecified atom stereocenters. The Labute approximate surface area is 162 Å². The topological polar surface area (TPSA) is 175 Å². The molecule has 0 aromatic rings. The van der Waals surface area contributed by atoms with E-state index < -0.39 is 47.5 Å². The molecule has 3 atom stereocenters. The minimum absolute atomic E-state index is 0.0367. The van der Waals surface area contributed by atoms with E-state index in [0.717, 1.165) is 0 Å². The Kier molecular flexibility index (Phi) is 11.3. The zero-order valence-electron chi connectivity index (χ0n) is 16.0. The summed E-state index contributed by atoms with van der Waals surface area (Å²) < 4.78 is 0. The van der Waals surface area contributed by atoms with Crippen molar-refractivity contribution in [3.63, 3.8) is 0 Å². The number of ketones is 2. The van der Waals surface area contributed by atoms with Crippen LogP contribution >= 0.6 is 0 Å². The lowest BCUT2D eigenvalue weighted by Crippen LogP contribution is -2.44. The van der Waals surface area contributed by atoms with E-state index in [0.29, 0.717) is 0 Å². The molecule has 10 heteroatoms. The number of hydrogen-bond donors (Lipinski definition) is 4. The molecule has 4 N–H and O–H groups in total. The van der Waals surface area contributed by atoms with E-state index >= 15 is 0 Å². The Balaban J connectivity index is 5.08. The van der Waals surface area contributed by atoms with Crippen LogP contribution in [0.25, 0.3) is 0 Å². The van der Waals surface area contributed by atoms with Crippen LogP contribution in [0.1, 0.15) is 58.8 Å². The molecule has 10 nitrogen and oxygen atoms in total. The van der Waals surface area contributed by atoms with Gasteiger partial charge in [-0.1, -0.05) is 6.92 Å². The van der Waals surface area contributed by atoms with Crippen molar-refractivity contribution in [3.8, 4) is 0 Å². The highest BCUT2D eigenvalue weighted by Gasteiger charge is 2.28. The van der Waals surface area contributed by atoms with Crippen molar-refractivity contribution in [2.45, 2.75) is 64.8 Å². The molecule has 0 saturated carbocycles. The molecule has 0 aromatic heterocycles. The summed E-state index contributed by atoms with van der Waals surface area (Å²) in [7, 11) is 0. The van der Waals surface area contributed by atoms with E-state index in [2.05, 4.69) is 5.32 Å². The van der Waals surface area contributed by atoms with Crippen molar-refractivity contribution in [3.05, 3.63) is 0 Å². The molecule has 0 aliphatic heterocycles. The van der Waals surface area contributed by atoms with E-state index in [1.807, 2.05) is 0 Å². The fraction of sp³-hybridized carbons (Fsp3) is 0.667. The molecule has 158 valence electrons. The fourth-order valence-electron chi connectivity index (χ4n) is 2.50. The lowest BCUT2D eigenvalue weighted by atomic mass is 9.90. The van der Waals surface area contributed by atoms with E-state index in [1.54, 1.807) is 0 Å². The van der Waals surface area contributed by atoms with Gasteiger partial charge < -0.3 is 20.6 Å². The highest BCUT2D eigenvalue weighted by atomic mass is 16.4. The Morgan fingerprint density at radius 1 is 0.786 bits per heavy atom. The maximum absolute atomic E-state index is 12.5. The van der Waals surface area contributed by atoms with Crippen LogP contribution in [-0.4, -0.2) is 56.7 Å². The predicted octanol–water partition coefficient (Wildman–Crippen LogP) is 0.866. The zero-order chi connectivity index (χ0) is 21.9. The summed E-state index contributed by atoms with van der Waals surface area (Å²) in [6.45, 7) is 2.72. The summed E-state index contributed by atoms with van der Waals surface area (Å²) >= 11 is 0. The summed E-state index contributed by atoms with van der Waals surface area (Å²) in [6.07, 6.45) is -1.40. The predicted molar refractivity (Wildman–Crippen MR) is 95.5 cm³/mol. The SMILES string of the molecule is CC(=O)[C@H](CCC(=O)O)CC(=O)[C@H](CCC(=O)O)NC(=O)[C@@H](C)CCC(=O)O. The first-order valence-electron chi connectivity index (χ1n) is 8.92. The summed E-state index contributed by atoms with van der Waals surface area (Å²) in [6, 6.07) is -1.15. The highest BCUT2D eigenvalue weighted by Crippen LogP contribution is 2.17. The number of carbonyl (C=O) groups is 6. The van der Waals surface area contributed by atoms with Crippen LogP contribution in [0.15, 0.2) is 0 Å². The first kappa shape index (κ1) is 25.2. The van der Waals surface area contributed by atoms with E-state index in [-0.39, 0.29) is 50.7 Å². The number of amides is 1. The fourth-order valence-corrected chi connectivity index (χ4v) is 2.50. The molecule has 0 fully saturated rings. The maximum Gasteiger partial charge on any atom is 0.303 e. The number of aliphatic carboxylic acids is 3. The van der Waals surface area contributed by atoms with Crippen molar-refractivity contribution in [1.29, 1.82) is 0 Å². The number of carboxylic acids is 3. The number of nitrogens with one attached hydrogen (secondary N) is 1. The Morgan fingerprint density at radius 2 is 1.25 bits per heavy atom. The normalized spacial score (nSPS) is 13.8. The summed E-state index contributed by atoms with van der Waals surface area (Å²) in [4.78, 5) is 68.5. The molecule has 0 spiro atoms. The van der Waals surface area contributed by atoms with Crippen LogP contribution in [0, 0.1) is 11.8 Å². The van der Waals surface area contributed by atoms with Gasteiger partial charge in [-0.25, -0.2) is 0 Å². The highest BCUT2D eigenvalue weighted by molar-refractivity contribution is 5.93. The monoisotopic (exact) mass is 401 g/mol. The van der Waals surface area contributed by atoms with E-state index in [4.69, 9.17) is 15.3 Å². The molecule has 0 bridgehead atoms. The second-order valence-corrected chi connectivity index (χ2v) is 6.74. The van der Waals surface area contributed by atoms with Gasteiger partial charge in [0.25, 0.3) is 0 Å².